The average molecular weight is 572 g/mol. The van der Waals surface area contributed by atoms with E-state index in [1.807, 2.05) is 48.7 Å². The molecule has 6 nitrogen and oxygen atoms in total. The van der Waals surface area contributed by atoms with Gasteiger partial charge in [0, 0.05) is 35.5 Å². The molecule has 5 rings (SSSR count). The largest absolute Gasteiger partial charge is 0.490 e. The van der Waals surface area contributed by atoms with E-state index in [9.17, 15) is 18.0 Å². The van der Waals surface area contributed by atoms with E-state index >= 15 is 0 Å². The van der Waals surface area contributed by atoms with Crippen molar-refractivity contribution in [3.8, 4) is 11.6 Å². The van der Waals surface area contributed by atoms with E-state index in [2.05, 4.69) is 9.88 Å². The maximum absolute atomic E-state index is 13.2. The van der Waals surface area contributed by atoms with Crippen LogP contribution in [0.25, 0.3) is 0 Å². The minimum Gasteiger partial charge on any atom is -0.439 e. The molecule has 2 aliphatic heterocycles. The maximum Gasteiger partial charge on any atom is 0.490 e. The highest BCUT2D eigenvalue weighted by molar-refractivity contribution is 7.98. The van der Waals surface area contributed by atoms with Gasteiger partial charge in [0.25, 0.3) is 0 Å². The van der Waals surface area contributed by atoms with Crippen LogP contribution in [-0.4, -0.2) is 59.9 Å². The first-order valence-electron chi connectivity index (χ1n) is 13.3. The first kappa shape index (κ1) is 28.4. The van der Waals surface area contributed by atoms with Crippen molar-refractivity contribution >= 4 is 17.7 Å². The normalized spacial score (nSPS) is 20.1. The zero-order chi connectivity index (χ0) is 28.3. The number of rotatable bonds is 7. The van der Waals surface area contributed by atoms with E-state index in [1.165, 1.54) is 19.3 Å². The molecule has 0 N–H and O–H groups in total. The van der Waals surface area contributed by atoms with Crippen LogP contribution in [0.3, 0.4) is 0 Å². The lowest BCUT2D eigenvalue weighted by Gasteiger charge is -2.38. The molecule has 10 heteroatoms. The molecule has 1 aromatic heterocycles. The summed E-state index contributed by atoms with van der Waals surface area (Å²) in [6.45, 7) is 3.20. The molecule has 1 saturated heterocycles. The second-order valence-electron chi connectivity index (χ2n) is 10.2. The van der Waals surface area contributed by atoms with E-state index in [4.69, 9.17) is 9.47 Å². The number of esters is 1. The number of halogens is 3. The van der Waals surface area contributed by atoms with Gasteiger partial charge in [-0.1, -0.05) is 30.7 Å². The maximum atomic E-state index is 13.2. The zero-order valence-electron chi connectivity index (χ0n) is 22.5. The predicted molar refractivity (Wildman–Crippen MR) is 147 cm³/mol. The van der Waals surface area contributed by atoms with Gasteiger partial charge in [0.2, 0.25) is 5.88 Å². The molecule has 3 aromatic rings. The predicted octanol–water partition coefficient (Wildman–Crippen LogP) is 6.76. The van der Waals surface area contributed by atoms with Gasteiger partial charge in [-0.2, -0.15) is 13.2 Å². The summed E-state index contributed by atoms with van der Waals surface area (Å²) in [7, 11) is 1.65. The van der Waals surface area contributed by atoms with Crippen LogP contribution in [0.2, 0.25) is 0 Å². The van der Waals surface area contributed by atoms with Gasteiger partial charge in [0.05, 0.1) is 5.69 Å². The van der Waals surface area contributed by atoms with Crippen molar-refractivity contribution in [2.24, 2.45) is 0 Å². The molecular weight excluding hydrogens is 539 g/mol. The fraction of sp³-hybridized carbons (Fsp3) is 0.400. The van der Waals surface area contributed by atoms with Gasteiger partial charge in [-0.3, -0.25) is 9.80 Å². The van der Waals surface area contributed by atoms with Crippen molar-refractivity contribution in [2.75, 3.05) is 32.9 Å². The first-order chi connectivity index (χ1) is 19.2. The molecule has 2 aliphatic rings. The van der Waals surface area contributed by atoms with Gasteiger partial charge < -0.3 is 9.47 Å². The van der Waals surface area contributed by atoms with E-state index in [-0.39, 0.29) is 5.92 Å². The highest BCUT2D eigenvalue weighted by atomic mass is 32.2. The molecule has 0 bridgehead atoms. The van der Waals surface area contributed by atoms with Gasteiger partial charge in [0.15, 0.2) is 6.23 Å². The van der Waals surface area contributed by atoms with E-state index in [0.717, 1.165) is 41.4 Å². The number of likely N-dealkylation sites (N-methyl/N-ethyl adjacent to an activating group) is 1. The third-order valence-electron chi connectivity index (χ3n) is 7.38. The standard InChI is InChI=1S/C30H32F3N3O3S/c1-35-19-26(20-9-12-23(40-2)13-10-20)24-14-11-22(17-25(24)28(35)39-29(37)30(31,32)33)38-27-8-6-7-21(34-27)18-36-15-4-3-5-16-36/h6-14,17,26,28H,3-5,15-16,18-19H2,1-2H3. The lowest BCUT2D eigenvalue weighted by Crippen LogP contribution is -2.40. The monoisotopic (exact) mass is 571 g/mol. The van der Waals surface area contributed by atoms with Crippen molar-refractivity contribution in [3.63, 3.8) is 0 Å². The van der Waals surface area contributed by atoms with Crippen LogP contribution in [0.1, 0.15) is 53.8 Å². The number of aromatic nitrogens is 1. The van der Waals surface area contributed by atoms with E-state index in [0.29, 0.717) is 23.7 Å². The number of ether oxygens (including phenoxy) is 2. The summed E-state index contributed by atoms with van der Waals surface area (Å²) in [6.07, 6.45) is -0.696. The first-order valence-corrected chi connectivity index (χ1v) is 14.6. The molecule has 0 amide bonds. The fourth-order valence-corrected chi connectivity index (χ4v) is 5.79. The van der Waals surface area contributed by atoms with Crippen LogP contribution in [0.5, 0.6) is 11.6 Å². The zero-order valence-corrected chi connectivity index (χ0v) is 23.3. The highest BCUT2D eigenvalue weighted by Crippen LogP contribution is 2.42. The summed E-state index contributed by atoms with van der Waals surface area (Å²) in [5.41, 5.74) is 3.15. The van der Waals surface area contributed by atoms with Crippen molar-refractivity contribution in [1.29, 1.82) is 0 Å². The summed E-state index contributed by atoms with van der Waals surface area (Å²) in [4.78, 5) is 21.6. The van der Waals surface area contributed by atoms with Crippen LogP contribution in [-0.2, 0) is 16.1 Å². The number of carbonyl (C=O) groups is 1. The summed E-state index contributed by atoms with van der Waals surface area (Å²) < 4.78 is 50.6. The number of nitrogens with zero attached hydrogens (tertiary/aromatic N) is 3. The number of piperidine rings is 1. The molecule has 0 radical (unpaired) electrons. The number of hydrogen-bond donors (Lipinski definition) is 0. The number of benzene rings is 2. The summed E-state index contributed by atoms with van der Waals surface area (Å²) in [5.74, 6) is -1.55. The topological polar surface area (TPSA) is 54.9 Å². The Morgan fingerprint density at radius 1 is 1.02 bits per heavy atom. The molecule has 2 unspecified atom stereocenters. The Hall–Kier alpha value is -3.08. The van der Waals surface area contributed by atoms with Crippen molar-refractivity contribution in [2.45, 2.75) is 49.0 Å². The minimum absolute atomic E-state index is 0.128. The lowest BCUT2D eigenvalue weighted by molar-refractivity contribution is -0.213. The van der Waals surface area contributed by atoms with Crippen molar-refractivity contribution in [3.05, 3.63) is 83.0 Å². The third-order valence-corrected chi connectivity index (χ3v) is 8.12. The van der Waals surface area contributed by atoms with Gasteiger partial charge in [-0.05, 0) is 80.7 Å². The second-order valence-corrected chi connectivity index (χ2v) is 11.1. The van der Waals surface area contributed by atoms with Gasteiger partial charge in [0.1, 0.15) is 5.75 Å². The summed E-state index contributed by atoms with van der Waals surface area (Å²) >= 11 is 1.63. The Balaban J connectivity index is 1.44. The summed E-state index contributed by atoms with van der Waals surface area (Å²) in [6, 6.07) is 19.0. The molecule has 0 aliphatic carbocycles. The Bertz CT molecular complexity index is 1330. The van der Waals surface area contributed by atoms with Crippen LogP contribution >= 0.6 is 11.8 Å². The quantitative estimate of drug-likeness (QED) is 0.229. The number of fused-ring (bicyclic) bond motifs is 1. The molecule has 212 valence electrons. The molecule has 2 atom stereocenters. The Kier molecular flexibility index (Phi) is 8.68. The van der Waals surface area contributed by atoms with Crippen LogP contribution in [0.15, 0.2) is 65.6 Å². The highest BCUT2D eigenvalue weighted by Gasteiger charge is 2.45. The van der Waals surface area contributed by atoms with Crippen LogP contribution in [0.4, 0.5) is 13.2 Å². The number of hydrogen-bond acceptors (Lipinski definition) is 7. The summed E-state index contributed by atoms with van der Waals surface area (Å²) in [5, 5.41) is 0. The Morgan fingerprint density at radius 3 is 2.48 bits per heavy atom. The second kappa shape index (κ2) is 12.2. The minimum atomic E-state index is -5.10. The van der Waals surface area contributed by atoms with Crippen LogP contribution in [0, 0.1) is 0 Å². The van der Waals surface area contributed by atoms with Crippen LogP contribution < -0.4 is 4.74 Å². The number of pyridine rings is 1. The third kappa shape index (κ3) is 6.62. The molecule has 0 saturated carbocycles. The van der Waals surface area contributed by atoms with Crippen molar-refractivity contribution < 1.29 is 27.4 Å². The van der Waals surface area contributed by atoms with Crippen molar-refractivity contribution in [1.82, 2.24) is 14.8 Å². The smallest absolute Gasteiger partial charge is 0.439 e. The molecule has 0 spiro atoms. The van der Waals surface area contributed by atoms with Gasteiger partial charge >= 0.3 is 12.1 Å². The van der Waals surface area contributed by atoms with E-state index < -0.39 is 18.4 Å². The fourth-order valence-electron chi connectivity index (χ4n) is 5.38. The lowest BCUT2D eigenvalue weighted by atomic mass is 9.84. The number of alkyl halides is 3. The molecule has 1 fully saturated rings. The molecule has 3 heterocycles. The molecule has 40 heavy (non-hydrogen) atoms. The SMILES string of the molecule is CSc1ccc(C2CN(C)C(OC(=O)C(F)(F)F)c3cc(Oc4cccc(CN5CCCCC5)n4)ccc32)cc1. The Morgan fingerprint density at radius 2 is 1.77 bits per heavy atom. The average Bonchev–Trinajstić information content (AvgIpc) is 2.94. The van der Waals surface area contributed by atoms with Gasteiger partial charge in [-0.15, -0.1) is 11.8 Å². The molecule has 2 aromatic carbocycles. The van der Waals surface area contributed by atoms with Gasteiger partial charge in [-0.25, -0.2) is 9.78 Å². The number of likely N-dealkylation sites (tertiary alicyclic amines) is 1. The van der Waals surface area contributed by atoms with E-state index in [1.54, 1.807) is 41.9 Å². The number of carbonyl (C=O) groups excluding carboxylic acids is 1. The molecular formula is C30H32F3N3O3S. The number of thioether (sulfide) groups is 1. The Labute approximate surface area is 236 Å².